The molecular formula is C16H26N2O2. The molecule has 1 heterocycles. The van der Waals surface area contributed by atoms with E-state index in [2.05, 4.69) is 36.6 Å². The highest BCUT2D eigenvalue weighted by molar-refractivity contribution is 5.27. The van der Waals surface area contributed by atoms with E-state index in [0.29, 0.717) is 6.61 Å². The van der Waals surface area contributed by atoms with Crippen molar-refractivity contribution in [2.45, 2.75) is 44.8 Å². The van der Waals surface area contributed by atoms with Crippen molar-refractivity contribution >= 4 is 0 Å². The van der Waals surface area contributed by atoms with Gasteiger partial charge in [0, 0.05) is 32.7 Å². The monoisotopic (exact) mass is 278 g/mol. The number of aryl methyl sites for hydroxylation is 1. The zero-order valence-electron chi connectivity index (χ0n) is 12.5. The Morgan fingerprint density at radius 1 is 1.25 bits per heavy atom. The van der Waals surface area contributed by atoms with Crippen molar-refractivity contribution in [2.75, 3.05) is 19.8 Å². The molecule has 1 atom stereocenters. The van der Waals surface area contributed by atoms with E-state index in [4.69, 9.17) is 15.3 Å². The summed E-state index contributed by atoms with van der Waals surface area (Å²) in [6.07, 6.45) is 2.78. The van der Waals surface area contributed by atoms with Gasteiger partial charge in [-0.05, 0) is 24.5 Å². The van der Waals surface area contributed by atoms with E-state index >= 15 is 0 Å². The third-order valence-corrected chi connectivity index (χ3v) is 4.19. The minimum atomic E-state index is -0.268. The fraction of sp³-hybridized carbons (Fsp3) is 0.625. The van der Waals surface area contributed by atoms with E-state index in [9.17, 15) is 0 Å². The van der Waals surface area contributed by atoms with Gasteiger partial charge in [0.15, 0.2) is 0 Å². The van der Waals surface area contributed by atoms with E-state index in [0.717, 1.165) is 32.5 Å². The second-order valence-corrected chi connectivity index (χ2v) is 5.30. The van der Waals surface area contributed by atoms with E-state index in [1.54, 1.807) is 0 Å². The van der Waals surface area contributed by atoms with Crippen LogP contribution in [0.5, 0.6) is 0 Å². The standard InChI is InChI=1S/C16H26N2O2/c1-3-13-5-7-14(8-6-13)15(18-17)16(20-4-2)9-11-19-12-10-16/h5-8,15,18H,3-4,9-12,17H2,1-2H3. The maximum absolute atomic E-state index is 6.11. The number of hydrogen-bond donors (Lipinski definition) is 2. The number of ether oxygens (including phenoxy) is 2. The Morgan fingerprint density at radius 2 is 1.90 bits per heavy atom. The van der Waals surface area contributed by atoms with Crippen molar-refractivity contribution in [1.29, 1.82) is 0 Å². The molecule has 0 bridgehead atoms. The molecule has 1 saturated heterocycles. The summed E-state index contributed by atoms with van der Waals surface area (Å²) in [5.41, 5.74) is 5.22. The number of hydrogen-bond acceptors (Lipinski definition) is 4. The lowest BCUT2D eigenvalue weighted by atomic mass is 9.82. The third kappa shape index (κ3) is 3.20. The molecule has 0 aliphatic carbocycles. The second kappa shape index (κ2) is 7.18. The quantitative estimate of drug-likeness (QED) is 0.619. The minimum Gasteiger partial charge on any atom is -0.381 e. The maximum Gasteiger partial charge on any atom is 0.0932 e. The molecule has 20 heavy (non-hydrogen) atoms. The molecule has 0 saturated carbocycles. The first-order valence-electron chi connectivity index (χ1n) is 7.52. The summed E-state index contributed by atoms with van der Waals surface area (Å²) in [7, 11) is 0. The van der Waals surface area contributed by atoms with Gasteiger partial charge >= 0.3 is 0 Å². The van der Waals surface area contributed by atoms with Gasteiger partial charge in [-0.1, -0.05) is 31.2 Å². The van der Waals surface area contributed by atoms with Gasteiger partial charge in [0.2, 0.25) is 0 Å². The van der Waals surface area contributed by atoms with Crippen LogP contribution in [0, 0.1) is 0 Å². The molecular weight excluding hydrogens is 252 g/mol. The van der Waals surface area contributed by atoms with Crippen LogP contribution in [-0.4, -0.2) is 25.4 Å². The number of nitrogens with two attached hydrogens (primary N) is 1. The van der Waals surface area contributed by atoms with Crippen molar-refractivity contribution in [2.24, 2.45) is 5.84 Å². The topological polar surface area (TPSA) is 56.5 Å². The van der Waals surface area contributed by atoms with Gasteiger partial charge in [0.05, 0.1) is 11.6 Å². The summed E-state index contributed by atoms with van der Waals surface area (Å²) in [6.45, 7) is 6.33. The molecule has 0 spiro atoms. The van der Waals surface area contributed by atoms with Gasteiger partial charge in [-0.2, -0.15) is 0 Å². The fourth-order valence-corrected chi connectivity index (χ4v) is 3.02. The van der Waals surface area contributed by atoms with E-state index in [-0.39, 0.29) is 11.6 Å². The van der Waals surface area contributed by atoms with Crippen LogP contribution in [0.1, 0.15) is 43.9 Å². The molecule has 0 radical (unpaired) electrons. The normalized spacial score (nSPS) is 19.8. The van der Waals surface area contributed by atoms with Crippen LogP contribution >= 0.6 is 0 Å². The molecule has 1 aliphatic heterocycles. The molecule has 0 amide bonds. The first kappa shape index (κ1) is 15.4. The van der Waals surface area contributed by atoms with Crippen molar-refractivity contribution in [3.8, 4) is 0 Å². The molecule has 4 nitrogen and oxygen atoms in total. The molecule has 1 aromatic rings. The van der Waals surface area contributed by atoms with Crippen LogP contribution in [0.15, 0.2) is 24.3 Å². The zero-order chi connectivity index (χ0) is 14.4. The molecule has 1 fully saturated rings. The fourth-order valence-electron chi connectivity index (χ4n) is 3.02. The lowest BCUT2D eigenvalue weighted by Crippen LogP contribution is -2.51. The van der Waals surface area contributed by atoms with E-state index < -0.39 is 0 Å². The zero-order valence-corrected chi connectivity index (χ0v) is 12.5. The number of hydrazine groups is 1. The summed E-state index contributed by atoms with van der Waals surface area (Å²) in [5, 5.41) is 0. The van der Waals surface area contributed by atoms with Crippen LogP contribution < -0.4 is 11.3 Å². The predicted molar refractivity (Wildman–Crippen MR) is 80.3 cm³/mol. The maximum atomic E-state index is 6.11. The molecule has 1 unspecified atom stereocenters. The molecule has 112 valence electrons. The summed E-state index contributed by atoms with van der Waals surface area (Å²) in [5.74, 6) is 5.85. The van der Waals surface area contributed by atoms with Crippen molar-refractivity contribution < 1.29 is 9.47 Å². The van der Waals surface area contributed by atoms with Crippen molar-refractivity contribution in [3.63, 3.8) is 0 Å². The van der Waals surface area contributed by atoms with Crippen molar-refractivity contribution in [1.82, 2.24) is 5.43 Å². The van der Waals surface area contributed by atoms with E-state index in [1.165, 1.54) is 11.1 Å². The molecule has 2 rings (SSSR count). The highest BCUT2D eigenvalue weighted by Gasteiger charge is 2.41. The Labute approximate surface area is 121 Å². The second-order valence-electron chi connectivity index (χ2n) is 5.30. The van der Waals surface area contributed by atoms with Crippen LogP contribution in [0.25, 0.3) is 0 Å². The summed E-state index contributed by atoms with van der Waals surface area (Å²) < 4.78 is 11.6. The molecule has 1 aromatic carbocycles. The summed E-state index contributed by atoms with van der Waals surface area (Å²) in [6, 6.07) is 8.63. The van der Waals surface area contributed by atoms with E-state index in [1.807, 2.05) is 6.92 Å². The molecule has 1 aliphatic rings. The predicted octanol–water partition coefficient (Wildman–Crippen LogP) is 2.34. The minimum absolute atomic E-state index is 0.00254. The average molecular weight is 278 g/mol. The number of rotatable bonds is 6. The largest absolute Gasteiger partial charge is 0.381 e. The SMILES string of the molecule is CCOC1(C(NN)c2ccc(CC)cc2)CCOCC1. The van der Waals surface area contributed by atoms with Crippen LogP contribution in [0.2, 0.25) is 0 Å². The Morgan fingerprint density at radius 3 is 2.40 bits per heavy atom. The Balaban J connectivity index is 2.26. The summed E-state index contributed by atoms with van der Waals surface area (Å²) >= 11 is 0. The molecule has 0 aromatic heterocycles. The Kier molecular flexibility index (Phi) is 5.54. The lowest BCUT2D eigenvalue weighted by Gasteiger charge is -2.43. The van der Waals surface area contributed by atoms with Gasteiger partial charge in [0.1, 0.15) is 0 Å². The van der Waals surface area contributed by atoms with Crippen LogP contribution in [-0.2, 0) is 15.9 Å². The van der Waals surface area contributed by atoms with Gasteiger partial charge in [-0.3, -0.25) is 11.3 Å². The highest BCUT2D eigenvalue weighted by Crippen LogP contribution is 2.37. The van der Waals surface area contributed by atoms with Crippen LogP contribution in [0.3, 0.4) is 0 Å². The summed E-state index contributed by atoms with van der Waals surface area (Å²) in [4.78, 5) is 0. The Hall–Kier alpha value is -0.940. The van der Waals surface area contributed by atoms with Crippen LogP contribution in [0.4, 0.5) is 0 Å². The molecule has 3 N–H and O–H groups in total. The highest BCUT2D eigenvalue weighted by atomic mass is 16.5. The smallest absolute Gasteiger partial charge is 0.0932 e. The van der Waals surface area contributed by atoms with Gasteiger partial charge in [-0.25, -0.2) is 0 Å². The van der Waals surface area contributed by atoms with Gasteiger partial charge in [0.25, 0.3) is 0 Å². The number of nitrogens with one attached hydrogen (secondary N) is 1. The first-order chi connectivity index (χ1) is 9.75. The van der Waals surface area contributed by atoms with Gasteiger partial charge < -0.3 is 9.47 Å². The number of benzene rings is 1. The average Bonchev–Trinajstić information content (AvgIpc) is 2.50. The third-order valence-electron chi connectivity index (χ3n) is 4.19. The Bertz CT molecular complexity index is 394. The first-order valence-corrected chi connectivity index (χ1v) is 7.52. The molecule has 4 heteroatoms. The van der Waals surface area contributed by atoms with Crippen molar-refractivity contribution in [3.05, 3.63) is 35.4 Å². The lowest BCUT2D eigenvalue weighted by molar-refractivity contribution is -0.128. The van der Waals surface area contributed by atoms with Gasteiger partial charge in [-0.15, -0.1) is 0 Å².